The first-order valence-electron chi connectivity index (χ1n) is 5.01. The Morgan fingerprint density at radius 1 is 1.56 bits per heavy atom. The van der Waals surface area contributed by atoms with E-state index in [9.17, 15) is 4.79 Å². The second kappa shape index (κ2) is 6.45. The van der Waals surface area contributed by atoms with Crippen molar-refractivity contribution in [1.29, 1.82) is 0 Å². The fourth-order valence-electron chi connectivity index (χ4n) is 1.22. The van der Waals surface area contributed by atoms with E-state index in [1.807, 2.05) is 25.1 Å². The van der Waals surface area contributed by atoms with Crippen LogP contribution >= 0.6 is 15.9 Å². The Bertz CT molecular complexity index is 391. The predicted octanol–water partition coefficient (Wildman–Crippen LogP) is 2.47. The molecule has 0 saturated heterocycles. The van der Waals surface area contributed by atoms with Crippen molar-refractivity contribution in [2.24, 2.45) is 0 Å². The highest BCUT2D eigenvalue weighted by atomic mass is 79.9. The van der Waals surface area contributed by atoms with Gasteiger partial charge >= 0.3 is 0 Å². The molecule has 86 valence electrons. The Hall–Kier alpha value is -1.13. The SMILES string of the molecule is C=CCNCC(=O)Nc1ccc(Br)c(C)c1. The minimum atomic E-state index is -0.0522. The average molecular weight is 283 g/mol. The first-order valence-corrected chi connectivity index (χ1v) is 5.80. The number of halogens is 1. The first-order chi connectivity index (χ1) is 7.63. The van der Waals surface area contributed by atoms with Gasteiger partial charge in [0.2, 0.25) is 5.91 Å². The summed E-state index contributed by atoms with van der Waals surface area (Å²) in [5.41, 5.74) is 1.91. The van der Waals surface area contributed by atoms with Crippen molar-refractivity contribution in [3.63, 3.8) is 0 Å². The molecule has 0 spiro atoms. The molecule has 1 aromatic carbocycles. The van der Waals surface area contributed by atoms with Gasteiger partial charge in [0.05, 0.1) is 6.54 Å². The van der Waals surface area contributed by atoms with Crippen molar-refractivity contribution >= 4 is 27.5 Å². The number of carbonyl (C=O) groups is 1. The summed E-state index contributed by atoms with van der Waals surface area (Å²) < 4.78 is 1.04. The molecule has 0 fully saturated rings. The van der Waals surface area contributed by atoms with Gasteiger partial charge in [-0.05, 0) is 30.7 Å². The largest absolute Gasteiger partial charge is 0.325 e. The van der Waals surface area contributed by atoms with Crippen LogP contribution in [-0.2, 0) is 4.79 Å². The molecule has 0 heterocycles. The van der Waals surface area contributed by atoms with Crippen molar-refractivity contribution in [1.82, 2.24) is 5.32 Å². The molecule has 1 rings (SSSR count). The fraction of sp³-hybridized carbons (Fsp3) is 0.250. The molecule has 0 aliphatic rings. The number of amides is 1. The molecule has 0 bridgehead atoms. The maximum absolute atomic E-state index is 11.5. The zero-order valence-electron chi connectivity index (χ0n) is 9.22. The normalized spacial score (nSPS) is 9.88. The van der Waals surface area contributed by atoms with Crippen molar-refractivity contribution in [3.8, 4) is 0 Å². The van der Waals surface area contributed by atoms with Gasteiger partial charge in [-0.1, -0.05) is 22.0 Å². The maximum Gasteiger partial charge on any atom is 0.238 e. The van der Waals surface area contributed by atoms with E-state index >= 15 is 0 Å². The fourth-order valence-corrected chi connectivity index (χ4v) is 1.46. The van der Waals surface area contributed by atoms with Gasteiger partial charge in [0.25, 0.3) is 0 Å². The van der Waals surface area contributed by atoms with Gasteiger partial charge in [-0.2, -0.15) is 0 Å². The molecule has 3 nitrogen and oxygen atoms in total. The van der Waals surface area contributed by atoms with Crippen LogP contribution in [0.3, 0.4) is 0 Å². The molecule has 4 heteroatoms. The summed E-state index contributed by atoms with van der Waals surface area (Å²) in [5, 5.41) is 5.75. The van der Waals surface area contributed by atoms with Crippen LogP contribution in [0.15, 0.2) is 35.3 Å². The van der Waals surface area contributed by atoms with Gasteiger partial charge in [0.1, 0.15) is 0 Å². The lowest BCUT2D eigenvalue weighted by atomic mass is 10.2. The van der Waals surface area contributed by atoms with Gasteiger partial charge in [0, 0.05) is 16.7 Å². The molecule has 0 radical (unpaired) electrons. The highest BCUT2D eigenvalue weighted by Gasteiger charge is 2.02. The lowest BCUT2D eigenvalue weighted by Crippen LogP contribution is -2.28. The summed E-state index contributed by atoms with van der Waals surface area (Å²) in [6.45, 7) is 6.47. The Kier molecular flexibility index (Phi) is 5.22. The van der Waals surface area contributed by atoms with E-state index in [1.54, 1.807) is 6.08 Å². The molecule has 0 saturated carbocycles. The van der Waals surface area contributed by atoms with Crippen molar-refractivity contribution in [3.05, 3.63) is 40.9 Å². The number of hydrogen-bond donors (Lipinski definition) is 2. The van der Waals surface area contributed by atoms with Crippen LogP contribution in [0.1, 0.15) is 5.56 Å². The van der Waals surface area contributed by atoms with Crippen LogP contribution in [0.5, 0.6) is 0 Å². The number of hydrogen-bond acceptors (Lipinski definition) is 2. The molecule has 0 aliphatic heterocycles. The lowest BCUT2D eigenvalue weighted by molar-refractivity contribution is -0.115. The van der Waals surface area contributed by atoms with Crippen LogP contribution in [0, 0.1) is 6.92 Å². The number of nitrogens with one attached hydrogen (secondary N) is 2. The molecule has 16 heavy (non-hydrogen) atoms. The molecule has 0 unspecified atom stereocenters. The molecular formula is C12H15BrN2O. The Morgan fingerprint density at radius 3 is 2.94 bits per heavy atom. The van der Waals surface area contributed by atoms with Crippen LogP contribution in [0.25, 0.3) is 0 Å². The molecule has 1 amide bonds. The highest BCUT2D eigenvalue weighted by Crippen LogP contribution is 2.19. The molecule has 1 aromatic rings. The van der Waals surface area contributed by atoms with Gasteiger partial charge in [-0.25, -0.2) is 0 Å². The Balaban J connectivity index is 2.49. The maximum atomic E-state index is 11.5. The van der Waals surface area contributed by atoms with E-state index in [0.29, 0.717) is 13.1 Å². The summed E-state index contributed by atoms with van der Waals surface area (Å²) in [6.07, 6.45) is 1.72. The average Bonchev–Trinajstić information content (AvgIpc) is 2.24. The number of carbonyl (C=O) groups excluding carboxylic acids is 1. The summed E-state index contributed by atoms with van der Waals surface area (Å²) in [7, 11) is 0. The van der Waals surface area contributed by atoms with Crippen LogP contribution in [0.2, 0.25) is 0 Å². The van der Waals surface area contributed by atoms with Gasteiger partial charge in [-0.15, -0.1) is 6.58 Å². The zero-order valence-corrected chi connectivity index (χ0v) is 10.8. The lowest BCUT2D eigenvalue weighted by Gasteiger charge is -2.07. The standard InChI is InChI=1S/C12H15BrN2O/c1-3-6-14-8-12(16)15-10-4-5-11(13)9(2)7-10/h3-5,7,14H,1,6,8H2,2H3,(H,15,16). The predicted molar refractivity (Wildman–Crippen MR) is 70.6 cm³/mol. The van der Waals surface area contributed by atoms with Crippen LogP contribution < -0.4 is 10.6 Å². The molecule has 2 N–H and O–H groups in total. The summed E-state index contributed by atoms with van der Waals surface area (Å²) in [5.74, 6) is -0.0522. The molecule has 0 atom stereocenters. The molecular weight excluding hydrogens is 268 g/mol. The summed E-state index contributed by atoms with van der Waals surface area (Å²) >= 11 is 3.41. The third-order valence-electron chi connectivity index (χ3n) is 2.02. The highest BCUT2D eigenvalue weighted by molar-refractivity contribution is 9.10. The second-order valence-electron chi connectivity index (χ2n) is 3.43. The summed E-state index contributed by atoms with van der Waals surface area (Å²) in [4.78, 5) is 11.5. The van der Waals surface area contributed by atoms with E-state index in [-0.39, 0.29) is 5.91 Å². The van der Waals surface area contributed by atoms with E-state index in [4.69, 9.17) is 0 Å². The minimum absolute atomic E-state index is 0.0522. The number of anilines is 1. The van der Waals surface area contributed by atoms with Crippen LogP contribution in [0.4, 0.5) is 5.69 Å². The zero-order chi connectivity index (χ0) is 12.0. The molecule has 0 aliphatic carbocycles. The van der Waals surface area contributed by atoms with Crippen molar-refractivity contribution in [2.45, 2.75) is 6.92 Å². The second-order valence-corrected chi connectivity index (χ2v) is 4.29. The van der Waals surface area contributed by atoms with Gasteiger partial charge in [0.15, 0.2) is 0 Å². The van der Waals surface area contributed by atoms with Gasteiger partial charge < -0.3 is 10.6 Å². The van der Waals surface area contributed by atoms with Crippen molar-refractivity contribution in [2.75, 3.05) is 18.4 Å². The third kappa shape index (κ3) is 4.16. The van der Waals surface area contributed by atoms with Crippen molar-refractivity contribution < 1.29 is 4.79 Å². The smallest absolute Gasteiger partial charge is 0.238 e. The number of rotatable bonds is 5. The number of benzene rings is 1. The van der Waals surface area contributed by atoms with E-state index in [1.165, 1.54) is 0 Å². The van der Waals surface area contributed by atoms with Gasteiger partial charge in [-0.3, -0.25) is 4.79 Å². The minimum Gasteiger partial charge on any atom is -0.325 e. The Labute approximate surface area is 104 Å². The number of aryl methyl sites for hydroxylation is 1. The van der Waals surface area contributed by atoms with E-state index in [2.05, 4.69) is 33.1 Å². The third-order valence-corrected chi connectivity index (χ3v) is 2.91. The first kappa shape index (κ1) is 12.9. The quantitative estimate of drug-likeness (QED) is 0.644. The van der Waals surface area contributed by atoms with E-state index < -0.39 is 0 Å². The monoisotopic (exact) mass is 282 g/mol. The topological polar surface area (TPSA) is 41.1 Å². The molecule has 0 aromatic heterocycles. The van der Waals surface area contributed by atoms with Crippen LogP contribution in [-0.4, -0.2) is 19.0 Å². The van der Waals surface area contributed by atoms with E-state index in [0.717, 1.165) is 15.7 Å². The Morgan fingerprint density at radius 2 is 2.31 bits per heavy atom. The summed E-state index contributed by atoms with van der Waals surface area (Å²) in [6, 6.07) is 5.71.